The van der Waals surface area contributed by atoms with Gasteiger partial charge in [0.1, 0.15) is 5.75 Å². The van der Waals surface area contributed by atoms with Crippen LogP contribution < -0.4 is 20.1 Å². The van der Waals surface area contributed by atoms with Gasteiger partial charge >= 0.3 is 0 Å². The van der Waals surface area contributed by atoms with Gasteiger partial charge in [-0.05, 0) is 62.9 Å². The Morgan fingerprint density at radius 3 is 2.57 bits per heavy atom. The summed E-state index contributed by atoms with van der Waals surface area (Å²) in [7, 11) is 3.29. The molecule has 0 spiro atoms. The van der Waals surface area contributed by atoms with Crippen molar-refractivity contribution in [2.45, 2.75) is 64.3 Å². The number of benzene rings is 2. The lowest BCUT2D eigenvalue weighted by atomic mass is 9.93. The van der Waals surface area contributed by atoms with Crippen molar-refractivity contribution in [3.05, 3.63) is 81.5 Å². The van der Waals surface area contributed by atoms with E-state index in [4.69, 9.17) is 42.6 Å². The molecule has 4 aromatic rings. The molecule has 0 aliphatic carbocycles. The van der Waals surface area contributed by atoms with Gasteiger partial charge in [0.2, 0.25) is 11.8 Å². The molecule has 258 valence electrons. The zero-order chi connectivity index (χ0) is 34.7. The maximum absolute atomic E-state index is 11.5. The summed E-state index contributed by atoms with van der Waals surface area (Å²) in [6.07, 6.45) is 4.73. The normalized spacial score (nSPS) is 16.4. The van der Waals surface area contributed by atoms with Crippen molar-refractivity contribution < 1.29 is 19.4 Å². The minimum absolute atomic E-state index is 0.102. The first-order valence-corrected chi connectivity index (χ1v) is 17.4. The second-order valence-corrected chi connectivity index (χ2v) is 14.1. The Morgan fingerprint density at radius 2 is 1.84 bits per heavy atom. The van der Waals surface area contributed by atoms with Crippen molar-refractivity contribution in [3.8, 4) is 45.3 Å². The largest absolute Gasteiger partial charge is 0.496 e. The van der Waals surface area contributed by atoms with Gasteiger partial charge in [0.05, 0.1) is 41.3 Å². The molecule has 2 aliphatic rings. The lowest BCUT2D eigenvalue weighted by Crippen LogP contribution is -2.35. The van der Waals surface area contributed by atoms with Crippen molar-refractivity contribution in [2.24, 2.45) is 0 Å². The van der Waals surface area contributed by atoms with Crippen molar-refractivity contribution >= 4 is 29.1 Å². The lowest BCUT2D eigenvalue weighted by molar-refractivity contribution is -0.119. The second-order valence-electron chi connectivity index (χ2n) is 13.4. The second kappa shape index (κ2) is 15.0. The van der Waals surface area contributed by atoms with E-state index in [9.17, 15) is 9.90 Å². The van der Waals surface area contributed by atoms with Crippen LogP contribution >= 0.6 is 23.2 Å². The minimum Gasteiger partial charge on any atom is -0.496 e. The van der Waals surface area contributed by atoms with Crippen LogP contribution in [0.15, 0.2) is 54.7 Å². The van der Waals surface area contributed by atoms with E-state index >= 15 is 0 Å². The monoisotopic (exact) mass is 703 g/mol. The Morgan fingerprint density at radius 1 is 1.04 bits per heavy atom. The molecule has 2 aromatic heterocycles. The van der Waals surface area contributed by atoms with Crippen LogP contribution in [0.2, 0.25) is 10.0 Å². The predicted molar refractivity (Wildman–Crippen MR) is 194 cm³/mol. The highest BCUT2D eigenvalue weighted by Gasteiger charge is 2.25. The Balaban J connectivity index is 1.25. The number of hydrogen-bond acceptors (Lipinski definition) is 8. The number of hydrogen-bond donors (Lipinski definition) is 3. The van der Waals surface area contributed by atoms with Crippen LogP contribution in [0.25, 0.3) is 33.6 Å². The van der Waals surface area contributed by atoms with Crippen LogP contribution in [-0.4, -0.2) is 71.4 Å². The molecule has 11 heteroatoms. The van der Waals surface area contributed by atoms with Gasteiger partial charge in [-0.25, -0.2) is 4.98 Å². The number of nitrogens with one attached hydrogen (secondary N) is 2. The highest BCUT2D eigenvalue weighted by Crippen LogP contribution is 2.43. The van der Waals surface area contributed by atoms with E-state index in [0.717, 1.165) is 71.6 Å². The molecule has 3 N–H and O–H groups in total. The number of amides is 1. The first-order valence-electron chi connectivity index (χ1n) is 16.7. The smallest absolute Gasteiger partial charge is 0.220 e. The minimum atomic E-state index is -0.701. The van der Waals surface area contributed by atoms with E-state index < -0.39 is 5.60 Å². The highest BCUT2D eigenvalue weighted by molar-refractivity contribution is 6.39. The molecule has 0 saturated carbocycles. The summed E-state index contributed by atoms with van der Waals surface area (Å²) in [5.41, 5.74) is 7.07. The molecule has 6 rings (SSSR count). The van der Waals surface area contributed by atoms with E-state index in [0.29, 0.717) is 53.2 Å². The predicted octanol–water partition coefficient (Wildman–Crippen LogP) is 6.69. The van der Waals surface area contributed by atoms with Crippen LogP contribution in [0, 0.1) is 0 Å². The fraction of sp³-hybridized carbons (Fsp3) is 0.395. The molecule has 1 fully saturated rings. The van der Waals surface area contributed by atoms with Crippen molar-refractivity contribution in [2.75, 3.05) is 33.9 Å². The number of nitrogens with zero attached hydrogens (tertiary/aromatic N) is 3. The first kappa shape index (κ1) is 35.1. The van der Waals surface area contributed by atoms with Gasteiger partial charge in [0, 0.05) is 84.8 Å². The highest BCUT2D eigenvalue weighted by atomic mass is 35.5. The number of ether oxygens (including phenoxy) is 2. The Hall–Kier alpha value is -3.73. The van der Waals surface area contributed by atoms with E-state index in [1.807, 2.05) is 56.3 Å². The van der Waals surface area contributed by atoms with Crippen molar-refractivity contribution in [3.63, 3.8) is 0 Å². The number of carbonyl (C=O) groups excluding carboxylic acids is 1. The SMILES string of the molecule is COc1cc(-c2nccc(-c3cccc(-c4ccc(CNC[C@H]5CCC(=O)N5)c(OC)n4)c3Cl)c2Cl)cc2c1CN(CCC(C)(C)O)CC2. The zero-order valence-electron chi connectivity index (χ0n) is 28.4. The Bertz CT molecular complexity index is 1830. The summed E-state index contributed by atoms with van der Waals surface area (Å²) in [6.45, 7) is 7.40. The number of halogens is 2. The molecule has 2 aliphatic heterocycles. The maximum atomic E-state index is 11.5. The fourth-order valence-corrected chi connectivity index (χ4v) is 7.21. The number of aliphatic hydroxyl groups is 1. The molecular formula is C38H43Cl2N5O4. The number of carbonyl (C=O) groups is 1. The lowest BCUT2D eigenvalue weighted by Gasteiger charge is -2.32. The van der Waals surface area contributed by atoms with E-state index in [1.54, 1.807) is 20.4 Å². The molecular weight excluding hydrogens is 661 g/mol. The summed E-state index contributed by atoms with van der Waals surface area (Å²) in [6, 6.07) is 15.9. The third-order valence-electron chi connectivity index (χ3n) is 9.29. The van der Waals surface area contributed by atoms with Gasteiger partial charge in [0.25, 0.3) is 0 Å². The van der Waals surface area contributed by atoms with Gasteiger partial charge in [-0.2, -0.15) is 0 Å². The summed E-state index contributed by atoms with van der Waals surface area (Å²) in [5.74, 6) is 1.41. The van der Waals surface area contributed by atoms with E-state index in [-0.39, 0.29) is 11.9 Å². The standard InChI is InChI=1S/C38H43Cl2N5O4/c1-38(2,47)14-17-45-16-13-23-18-25(19-32(48-3)30(23)22-45)36-35(40)28(12-15-42-36)27-6-5-7-29(34(27)39)31-10-8-24(37(44-31)49-4)20-41-21-26-9-11-33(46)43-26/h5-8,10,12,15,18-19,26,41,47H,9,11,13-14,16-17,20-22H2,1-4H3,(H,43,46)/t26-/m1/s1. The fourth-order valence-electron chi connectivity index (χ4n) is 6.56. The third kappa shape index (κ3) is 8.03. The Labute approximate surface area is 298 Å². The molecule has 2 aromatic carbocycles. The maximum Gasteiger partial charge on any atom is 0.220 e. The van der Waals surface area contributed by atoms with Gasteiger partial charge in [-0.3, -0.25) is 14.7 Å². The van der Waals surface area contributed by atoms with Gasteiger partial charge in [0.15, 0.2) is 0 Å². The summed E-state index contributed by atoms with van der Waals surface area (Å²) in [5, 5.41) is 17.6. The van der Waals surface area contributed by atoms with Crippen molar-refractivity contribution in [1.29, 1.82) is 0 Å². The van der Waals surface area contributed by atoms with E-state index in [2.05, 4.69) is 21.6 Å². The topological polar surface area (TPSA) is 109 Å². The molecule has 0 radical (unpaired) electrons. The molecule has 9 nitrogen and oxygen atoms in total. The van der Waals surface area contributed by atoms with Crippen molar-refractivity contribution in [1.82, 2.24) is 25.5 Å². The Kier molecular flexibility index (Phi) is 10.8. The van der Waals surface area contributed by atoms with Gasteiger partial charge in [-0.1, -0.05) is 47.5 Å². The number of aromatic nitrogens is 2. The average Bonchev–Trinajstić information content (AvgIpc) is 3.51. The molecule has 4 heterocycles. The van der Waals surface area contributed by atoms with Crippen LogP contribution in [0.1, 0.15) is 49.8 Å². The van der Waals surface area contributed by atoms with Gasteiger partial charge < -0.3 is 25.2 Å². The first-order chi connectivity index (χ1) is 23.5. The van der Waals surface area contributed by atoms with Gasteiger partial charge in [-0.15, -0.1) is 0 Å². The summed E-state index contributed by atoms with van der Waals surface area (Å²) >= 11 is 14.3. The number of methoxy groups -OCH3 is 2. The molecule has 49 heavy (non-hydrogen) atoms. The number of pyridine rings is 2. The molecule has 0 bridgehead atoms. The third-order valence-corrected chi connectivity index (χ3v) is 10.1. The zero-order valence-corrected chi connectivity index (χ0v) is 29.9. The van der Waals surface area contributed by atoms with Crippen LogP contribution in [0.3, 0.4) is 0 Å². The molecule has 1 saturated heterocycles. The van der Waals surface area contributed by atoms with Crippen LogP contribution in [0.5, 0.6) is 11.6 Å². The molecule has 1 atom stereocenters. The van der Waals surface area contributed by atoms with E-state index in [1.165, 1.54) is 5.56 Å². The quantitative estimate of drug-likeness (QED) is 0.150. The number of rotatable bonds is 12. The average molecular weight is 705 g/mol. The molecule has 0 unspecified atom stereocenters. The summed E-state index contributed by atoms with van der Waals surface area (Å²) in [4.78, 5) is 23.4. The van der Waals surface area contributed by atoms with Crippen LogP contribution in [0.4, 0.5) is 0 Å². The summed E-state index contributed by atoms with van der Waals surface area (Å²) < 4.78 is 11.5. The van der Waals surface area contributed by atoms with Crippen LogP contribution in [-0.2, 0) is 24.3 Å². The number of fused-ring (bicyclic) bond motifs is 1. The molecule has 1 amide bonds.